The van der Waals surface area contributed by atoms with Crippen molar-refractivity contribution < 1.29 is 18.6 Å². The summed E-state index contributed by atoms with van der Waals surface area (Å²) in [6.07, 6.45) is 0.0266. The van der Waals surface area contributed by atoms with Crippen LogP contribution in [0.25, 0.3) is 10.9 Å². The number of aromatic nitrogens is 1. The molecule has 0 saturated carbocycles. The third kappa shape index (κ3) is 5.22. The van der Waals surface area contributed by atoms with Crippen molar-refractivity contribution in [1.29, 1.82) is 0 Å². The van der Waals surface area contributed by atoms with Gasteiger partial charge in [-0.3, -0.25) is 0 Å². The summed E-state index contributed by atoms with van der Waals surface area (Å²) in [5.74, 6) is 0.124. The molecule has 5 nitrogen and oxygen atoms in total. The molecule has 1 fully saturated rings. The van der Waals surface area contributed by atoms with E-state index in [-0.39, 0.29) is 18.5 Å². The maximum Gasteiger partial charge on any atom is 0.218 e. The van der Waals surface area contributed by atoms with Crippen molar-refractivity contribution in [3.05, 3.63) is 70.5 Å². The lowest BCUT2D eigenvalue weighted by molar-refractivity contribution is -0.0864. The highest BCUT2D eigenvalue weighted by Gasteiger charge is 2.15. The molecule has 29 heavy (non-hydrogen) atoms. The number of halogens is 2. The van der Waals surface area contributed by atoms with Gasteiger partial charge in [0, 0.05) is 40.7 Å². The Balaban J connectivity index is 1.52. The first-order valence-electron chi connectivity index (χ1n) is 9.54. The Morgan fingerprint density at radius 3 is 2.86 bits per heavy atom. The summed E-state index contributed by atoms with van der Waals surface area (Å²) in [4.78, 5) is 4.54. The topological polar surface area (TPSA) is 52.6 Å². The number of nitrogens with zero attached hydrogens (tertiary/aromatic N) is 1. The van der Waals surface area contributed by atoms with Crippen molar-refractivity contribution in [2.75, 3.05) is 26.4 Å². The molecule has 1 aliphatic rings. The molecule has 2 heterocycles. The van der Waals surface area contributed by atoms with Crippen LogP contribution < -0.4 is 10.1 Å². The Morgan fingerprint density at radius 2 is 2.03 bits per heavy atom. The van der Waals surface area contributed by atoms with Crippen LogP contribution in [0.3, 0.4) is 0 Å². The molecule has 0 amide bonds. The number of fused-ring (bicyclic) bond motifs is 1. The largest absolute Gasteiger partial charge is 0.472 e. The van der Waals surface area contributed by atoms with Gasteiger partial charge in [-0.25, -0.2) is 9.37 Å². The van der Waals surface area contributed by atoms with E-state index >= 15 is 0 Å². The first-order valence-corrected chi connectivity index (χ1v) is 9.92. The number of pyridine rings is 1. The van der Waals surface area contributed by atoms with E-state index < -0.39 is 0 Å². The molecule has 1 aromatic heterocycles. The molecule has 4 rings (SSSR count). The smallest absolute Gasteiger partial charge is 0.218 e. The van der Waals surface area contributed by atoms with Crippen LogP contribution in [0.5, 0.6) is 5.88 Å². The molecular formula is C22H22ClFN2O3. The zero-order valence-corrected chi connectivity index (χ0v) is 16.6. The van der Waals surface area contributed by atoms with Crippen molar-refractivity contribution in [2.24, 2.45) is 0 Å². The van der Waals surface area contributed by atoms with E-state index in [2.05, 4.69) is 10.3 Å². The predicted octanol–water partition coefficient (Wildman–Crippen LogP) is 4.11. The fourth-order valence-electron chi connectivity index (χ4n) is 3.20. The highest BCUT2D eigenvalue weighted by molar-refractivity contribution is 6.31. The third-order valence-electron chi connectivity index (χ3n) is 4.71. The van der Waals surface area contributed by atoms with E-state index in [1.54, 1.807) is 6.07 Å². The molecule has 152 valence electrons. The molecule has 0 aliphatic carbocycles. The molecule has 1 unspecified atom stereocenters. The zero-order chi connectivity index (χ0) is 20.1. The van der Waals surface area contributed by atoms with Crippen LogP contribution in [0.4, 0.5) is 4.39 Å². The average molecular weight is 417 g/mol. The van der Waals surface area contributed by atoms with Crippen LogP contribution >= 0.6 is 11.6 Å². The summed E-state index contributed by atoms with van der Waals surface area (Å²) in [5, 5.41) is 4.86. The lowest BCUT2D eigenvalue weighted by Crippen LogP contribution is -2.37. The van der Waals surface area contributed by atoms with Gasteiger partial charge in [-0.05, 0) is 24.3 Å². The SMILES string of the molecule is Fc1ccc2cc(CNCC3COCCO3)c(OCc3ccccc3Cl)nc2c1. The number of rotatable bonds is 7. The number of nitrogens with one attached hydrogen (secondary N) is 1. The molecule has 3 aromatic rings. The van der Waals surface area contributed by atoms with E-state index in [4.69, 9.17) is 25.8 Å². The van der Waals surface area contributed by atoms with Gasteiger partial charge in [-0.15, -0.1) is 0 Å². The Morgan fingerprint density at radius 1 is 1.14 bits per heavy atom. The third-order valence-corrected chi connectivity index (χ3v) is 5.08. The molecule has 0 bridgehead atoms. The van der Waals surface area contributed by atoms with Gasteiger partial charge in [0.15, 0.2) is 0 Å². The maximum atomic E-state index is 13.6. The van der Waals surface area contributed by atoms with Gasteiger partial charge in [0.2, 0.25) is 5.88 Å². The summed E-state index contributed by atoms with van der Waals surface area (Å²) < 4.78 is 30.7. The van der Waals surface area contributed by atoms with E-state index in [0.29, 0.717) is 49.3 Å². The van der Waals surface area contributed by atoms with Crippen LogP contribution in [0.1, 0.15) is 11.1 Å². The van der Waals surface area contributed by atoms with Gasteiger partial charge in [-0.2, -0.15) is 0 Å². The Hall–Kier alpha value is -2.25. The van der Waals surface area contributed by atoms with Crippen molar-refractivity contribution in [3.8, 4) is 5.88 Å². The van der Waals surface area contributed by atoms with E-state index in [9.17, 15) is 4.39 Å². The van der Waals surface area contributed by atoms with Gasteiger partial charge < -0.3 is 19.5 Å². The van der Waals surface area contributed by atoms with Crippen molar-refractivity contribution in [3.63, 3.8) is 0 Å². The summed E-state index contributed by atoms with van der Waals surface area (Å²) in [6, 6.07) is 14.0. The Kier molecular flexibility index (Phi) is 6.56. The van der Waals surface area contributed by atoms with E-state index in [0.717, 1.165) is 16.5 Å². The Bertz CT molecular complexity index is 979. The van der Waals surface area contributed by atoms with Crippen LogP contribution in [-0.4, -0.2) is 37.5 Å². The first kappa shape index (κ1) is 20.0. The predicted molar refractivity (Wildman–Crippen MR) is 110 cm³/mol. The molecule has 1 aliphatic heterocycles. The minimum Gasteiger partial charge on any atom is -0.472 e. The lowest BCUT2D eigenvalue weighted by atomic mass is 10.1. The van der Waals surface area contributed by atoms with Crippen molar-refractivity contribution >= 4 is 22.5 Å². The molecule has 0 spiro atoms. The average Bonchev–Trinajstić information content (AvgIpc) is 2.74. The summed E-state index contributed by atoms with van der Waals surface area (Å²) in [5.41, 5.74) is 2.29. The van der Waals surface area contributed by atoms with Gasteiger partial charge >= 0.3 is 0 Å². The molecule has 7 heteroatoms. The van der Waals surface area contributed by atoms with Crippen LogP contribution in [0.2, 0.25) is 5.02 Å². The number of hydrogen-bond acceptors (Lipinski definition) is 5. The van der Waals surface area contributed by atoms with Crippen LogP contribution in [-0.2, 0) is 22.6 Å². The minimum atomic E-state index is -0.331. The molecular weight excluding hydrogens is 395 g/mol. The number of hydrogen-bond donors (Lipinski definition) is 1. The molecule has 2 aromatic carbocycles. The van der Waals surface area contributed by atoms with Gasteiger partial charge in [-0.1, -0.05) is 29.8 Å². The fraction of sp³-hybridized carbons (Fsp3) is 0.318. The fourth-order valence-corrected chi connectivity index (χ4v) is 3.39. The van der Waals surface area contributed by atoms with Gasteiger partial charge in [0.1, 0.15) is 12.4 Å². The molecule has 1 atom stereocenters. The van der Waals surface area contributed by atoms with Crippen molar-refractivity contribution in [2.45, 2.75) is 19.3 Å². The Labute approximate surface area is 173 Å². The zero-order valence-electron chi connectivity index (χ0n) is 15.9. The normalized spacial score (nSPS) is 16.8. The van der Waals surface area contributed by atoms with Crippen molar-refractivity contribution in [1.82, 2.24) is 10.3 Å². The lowest BCUT2D eigenvalue weighted by Gasteiger charge is -2.23. The molecule has 0 radical (unpaired) electrons. The quantitative estimate of drug-likeness (QED) is 0.628. The first-order chi connectivity index (χ1) is 14.2. The van der Waals surface area contributed by atoms with Gasteiger partial charge in [0.25, 0.3) is 0 Å². The minimum absolute atomic E-state index is 0.0266. The maximum absolute atomic E-state index is 13.6. The second-order valence-electron chi connectivity index (χ2n) is 6.87. The molecule has 1 saturated heterocycles. The molecule has 1 N–H and O–H groups in total. The summed E-state index contributed by atoms with van der Waals surface area (Å²) in [6.45, 7) is 3.31. The monoisotopic (exact) mass is 416 g/mol. The number of ether oxygens (including phenoxy) is 3. The van der Waals surface area contributed by atoms with Crippen LogP contribution in [0.15, 0.2) is 48.5 Å². The standard InChI is InChI=1S/C22H22ClFN2O3/c23-20-4-2-1-3-16(20)13-29-22-17(11-25-12-19-14-27-7-8-28-19)9-15-5-6-18(24)10-21(15)26-22/h1-6,9-10,19,25H,7-8,11-14H2. The van der Waals surface area contributed by atoms with Crippen LogP contribution in [0, 0.1) is 5.82 Å². The highest BCUT2D eigenvalue weighted by Crippen LogP contribution is 2.25. The summed E-state index contributed by atoms with van der Waals surface area (Å²) >= 11 is 6.23. The van der Waals surface area contributed by atoms with E-state index in [1.165, 1.54) is 12.1 Å². The van der Waals surface area contributed by atoms with Gasteiger partial charge in [0.05, 0.1) is 31.4 Å². The summed E-state index contributed by atoms with van der Waals surface area (Å²) in [7, 11) is 0. The van der Waals surface area contributed by atoms with E-state index in [1.807, 2.05) is 30.3 Å². The second kappa shape index (κ2) is 9.50. The highest BCUT2D eigenvalue weighted by atomic mass is 35.5. The second-order valence-corrected chi connectivity index (χ2v) is 7.28. The number of benzene rings is 2.